The molecule has 0 saturated heterocycles. The highest BCUT2D eigenvalue weighted by atomic mass is 16.5. The zero-order valence-electron chi connectivity index (χ0n) is 14.5. The Kier molecular flexibility index (Phi) is 4.54. The van der Waals surface area contributed by atoms with E-state index in [9.17, 15) is 10.1 Å². The molecule has 5 nitrogen and oxygen atoms in total. The van der Waals surface area contributed by atoms with Crippen LogP contribution in [0.15, 0.2) is 73.1 Å². The SMILES string of the molecule is N#CC(NC(=O)OCC1c2ccccc2-c2ccccc21)c1cccnc1. The van der Waals surface area contributed by atoms with Crippen LogP contribution in [-0.2, 0) is 4.74 Å². The van der Waals surface area contributed by atoms with Gasteiger partial charge in [0.2, 0.25) is 0 Å². The summed E-state index contributed by atoms with van der Waals surface area (Å²) in [6, 6.07) is 21.0. The molecule has 0 spiro atoms. The number of pyridine rings is 1. The summed E-state index contributed by atoms with van der Waals surface area (Å²) in [7, 11) is 0. The van der Waals surface area contributed by atoms with Crippen LogP contribution in [0, 0.1) is 11.3 Å². The minimum atomic E-state index is -0.797. The molecule has 1 atom stereocenters. The number of nitriles is 1. The van der Waals surface area contributed by atoms with Gasteiger partial charge in [-0.2, -0.15) is 5.26 Å². The van der Waals surface area contributed by atoms with Gasteiger partial charge in [-0.25, -0.2) is 4.79 Å². The van der Waals surface area contributed by atoms with Crippen molar-refractivity contribution in [1.82, 2.24) is 10.3 Å². The van der Waals surface area contributed by atoms with Crippen molar-refractivity contribution >= 4 is 6.09 Å². The summed E-state index contributed by atoms with van der Waals surface area (Å²) in [5.41, 5.74) is 5.26. The standard InChI is InChI=1S/C22H17N3O2/c23-12-21(15-6-5-11-24-13-15)25-22(26)27-14-20-18-9-3-1-7-16(18)17-8-2-4-10-19(17)20/h1-11,13,20-21H,14H2,(H,25,26). The fourth-order valence-corrected chi connectivity index (χ4v) is 3.49. The van der Waals surface area contributed by atoms with Crippen LogP contribution in [0.2, 0.25) is 0 Å². The number of hydrogen-bond donors (Lipinski definition) is 1. The first-order chi connectivity index (χ1) is 13.3. The highest BCUT2D eigenvalue weighted by Gasteiger charge is 2.29. The molecule has 1 heterocycles. The Labute approximate surface area is 157 Å². The molecule has 0 aliphatic heterocycles. The number of ether oxygens (including phenoxy) is 1. The number of amides is 1. The Morgan fingerprint density at radius 1 is 1.07 bits per heavy atom. The van der Waals surface area contributed by atoms with Crippen molar-refractivity contribution < 1.29 is 9.53 Å². The van der Waals surface area contributed by atoms with E-state index in [2.05, 4.69) is 40.6 Å². The first-order valence-electron chi connectivity index (χ1n) is 8.69. The second-order valence-corrected chi connectivity index (χ2v) is 6.32. The van der Waals surface area contributed by atoms with Gasteiger partial charge in [-0.05, 0) is 28.3 Å². The van der Waals surface area contributed by atoms with Crippen molar-refractivity contribution in [2.24, 2.45) is 0 Å². The van der Waals surface area contributed by atoms with E-state index >= 15 is 0 Å². The molecule has 4 rings (SSSR count). The summed E-state index contributed by atoms with van der Waals surface area (Å²) < 4.78 is 5.47. The lowest BCUT2D eigenvalue weighted by Gasteiger charge is -2.16. The molecule has 1 aromatic heterocycles. The second kappa shape index (κ2) is 7.30. The summed E-state index contributed by atoms with van der Waals surface area (Å²) in [6.07, 6.45) is 2.55. The topological polar surface area (TPSA) is 75.0 Å². The van der Waals surface area contributed by atoms with Gasteiger partial charge in [-0.3, -0.25) is 4.98 Å². The number of nitrogens with one attached hydrogen (secondary N) is 1. The molecule has 27 heavy (non-hydrogen) atoms. The second-order valence-electron chi connectivity index (χ2n) is 6.32. The van der Waals surface area contributed by atoms with Gasteiger partial charge in [0.05, 0.1) is 6.07 Å². The van der Waals surface area contributed by atoms with Crippen molar-refractivity contribution in [3.05, 3.63) is 89.7 Å². The van der Waals surface area contributed by atoms with Crippen LogP contribution in [0.25, 0.3) is 11.1 Å². The summed E-state index contributed by atoms with van der Waals surface area (Å²) in [4.78, 5) is 16.2. The number of fused-ring (bicyclic) bond motifs is 3. The maximum atomic E-state index is 12.3. The average molecular weight is 355 g/mol. The fourth-order valence-electron chi connectivity index (χ4n) is 3.49. The molecule has 1 aliphatic carbocycles. The van der Waals surface area contributed by atoms with E-state index in [-0.39, 0.29) is 12.5 Å². The Morgan fingerprint density at radius 2 is 1.74 bits per heavy atom. The van der Waals surface area contributed by atoms with Gasteiger partial charge in [0.15, 0.2) is 0 Å². The van der Waals surface area contributed by atoms with Crippen LogP contribution >= 0.6 is 0 Å². The number of carbonyl (C=O) groups excluding carboxylic acids is 1. The summed E-state index contributed by atoms with van der Waals surface area (Å²) >= 11 is 0. The van der Waals surface area contributed by atoms with Gasteiger partial charge in [-0.15, -0.1) is 0 Å². The molecule has 132 valence electrons. The molecule has 2 aromatic carbocycles. The Morgan fingerprint density at radius 3 is 2.33 bits per heavy atom. The van der Waals surface area contributed by atoms with Crippen LogP contribution in [0.4, 0.5) is 4.79 Å². The number of benzene rings is 2. The number of aromatic nitrogens is 1. The van der Waals surface area contributed by atoms with Gasteiger partial charge >= 0.3 is 6.09 Å². The van der Waals surface area contributed by atoms with E-state index < -0.39 is 12.1 Å². The van der Waals surface area contributed by atoms with Crippen molar-refractivity contribution in [3.63, 3.8) is 0 Å². The zero-order chi connectivity index (χ0) is 18.6. The van der Waals surface area contributed by atoms with Crippen LogP contribution in [0.3, 0.4) is 0 Å². The smallest absolute Gasteiger partial charge is 0.408 e. The van der Waals surface area contributed by atoms with Crippen molar-refractivity contribution in [3.8, 4) is 17.2 Å². The third kappa shape index (κ3) is 3.25. The molecule has 0 bridgehead atoms. The third-order valence-corrected chi connectivity index (χ3v) is 4.75. The predicted octanol–water partition coefficient (Wildman–Crippen LogP) is 4.18. The monoisotopic (exact) mass is 355 g/mol. The number of carbonyl (C=O) groups is 1. The molecule has 1 aliphatic rings. The zero-order valence-corrected chi connectivity index (χ0v) is 14.5. The summed E-state index contributed by atoms with van der Waals surface area (Å²) in [5.74, 6) is -0.0120. The molecule has 1 N–H and O–H groups in total. The van der Waals surface area contributed by atoms with Crippen molar-refractivity contribution in [1.29, 1.82) is 5.26 Å². The minimum absolute atomic E-state index is 0.0120. The van der Waals surface area contributed by atoms with E-state index in [1.54, 1.807) is 24.5 Å². The van der Waals surface area contributed by atoms with Gasteiger partial charge < -0.3 is 10.1 Å². The molecule has 3 aromatic rings. The molecule has 5 heteroatoms. The number of hydrogen-bond acceptors (Lipinski definition) is 4. The van der Waals surface area contributed by atoms with E-state index in [0.29, 0.717) is 5.56 Å². The number of nitrogens with zero attached hydrogens (tertiary/aromatic N) is 2. The summed E-state index contributed by atoms with van der Waals surface area (Å²) in [5, 5.41) is 11.9. The van der Waals surface area contributed by atoms with Gasteiger partial charge in [0.1, 0.15) is 12.6 Å². The predicted molar refractivity (Wildman–Crippen MR) is 101 cm³/mol. The van der Waals surface area contributed by atoms with Crippen molar-refractivity contribution in [2.75, 3.05) is 6.61 Å². The Bertz CT molecular complexity index is 966. The summed E-state index contributed by atoms with van der Waals surface area (Å²) in [6.45, 7) is 0.213. The van der Waals surface area contributed by atoms with Crippen LogP contribution in [-0.4, -0.2) is 17.7 Å². The minimum Gasteiger partial charge on any atom is -0.449 e. The highest BCUT2D eigenvalue weighted by molar-refractivity contribution is 5.79. The molecular weight excluding hydrogens is 338 g/mol. The van der Waals surface area contributed by atoms with E-state index in [0.717, 1.165) is 11.1 Å². The molecule has 1 amide bonds. The Hall–Kier alpha value is -3.65. The highest BCUT2D eigenvalue weighted by Crippen LogP contribution is 2.44. The lowest BCUT2D eigenvalue weighted by Crippen LogP contribution is -2.29. The quantitative estimate of drug-likeness (QED) is 0.762. The fraction of sp³-hybridized carbons (Fsp3) is 0.136. The molecular formula is C22H17N3O2. The largest absolute Gasteiger partial charge is 0.449 e. The first-order valence-corrected chi connectivity index (χ1v) is 8.69. The third-order valence-electron chi connectivity index (χ3n) is 4.75. The van der Waals surface area contributed by atoms with Crippen LogP contribution < -0.4 is 5.32 Å². The van der Waals surface area contributed by atoms with Gasteiger partial charge in [-0.1, -0.05) is 54.6 Å². The average Bonchev–Trinajstić information content (AvgIpc) is 3.05. The molecule has 0 fully saturated rings. The molecule has 0 radical (unpaired) electrons. The van der Waals surface area contributed by atoms with E-state index in [4.69, 9.17) is 4.74 Å². The van der Waals surface area contributed by atoms with E-state index in [1.165, 1.54) is 11.1 Å². The van der Waals surface area contributed by atoms with Crippen LogP contribution in [0.1, 0.15) is 28.7 Å². The van der Waals surface area contributed by atoms with E-state index in [1.807, 2.05) is 24.3 Å². The van der Waals surface area contributed by atoms with Gasteiger partial charge in [0, 0.05) is 23.9 Å². The lowest BCUT2D eigenvalue weighted by atomic mass is 9.98. The number of rotatable bonds is 4. The van der Waals surface area contributed by atoms with Gasteiger partial charge in [0.25, 0.3) is 0 Å². The first kappa shape index (κ1) is 16.8. The van der Waals surface area contributed by atoms with Crippen molar-refractivity contribution in [2.45, 2.75) is 12.0 Å². The Balaban J connectivity index is 1.47. The number of alkyl carbamates (subject to hydrolysis) is 1. The lowest BCUT2D eigenvalue weighted by molar-refractivity contribution is 0.141. The maximum Gasteiger partial charge on any atom is 0.408 e. The molecule has 0 saturated carbocycles. The molecule has 1 unspecified atom stereocenters. The maximum absolute atomic E-state index is 12.3. The van der Waals surface area contributed by atoms with Crippen LogP contribution in [0.5, 0.6) is 0 Å². The normalized spacial score (nSPS) is 13.1.